The van der Waals surface area contributed by atoms with Crippen LogP contribution >= 0.6 is 15.9 Å². The molecule has 1 aromatic heterocycles. The van der Waals surface area contributed by atoms with Crippen LogP contribution in [0.1, 0.15) is 31.2 Å². The van der Waals surface area contributed by atoms with Crippen LogP contribution in [-0.4, -0.2) is 28.1 Å². The van der Waals surface area contributed by atoms with E-state index in [2.05, 4.69) is 21.0 Å². The second-order valence-electron chi connectivity index (χ2n) is 3.99. The number of aromatic nitrogens is 2. The number of esters is 1. The van der Waals surface area contributed by atoms with Crippen LogP contribution in [0.3, 0.4) is 0 Å². The molecular weight excluding hydrogens is 300 g/mol. The van der Waals surface area contributed by atoms with Crippen LogP contribution in [0.4, 0.5) is 0 Å². The molecule has 0 amide bonds. The van der Waals surface area contributed by atoms with Gasteiger partial charge in [-0.15, -0.1) is 0 Å². The molecule has 0 unspecified atom stereocenters. The van der Waals surface area contributed by atoms with Crippen LogP contribution in [0.2, 0.25) is 0 Å². The van der Waals surface area contributed by atoms with E-state index in [1.165, 1.54) is 0 Å². The van der Waals surface area contributed by atoms with E-state index in [9.17, 15) is 9.59 Å². The van der Waals surface area contributed by atoms with E-state index in [1.807, 2.05) is 13.8 Å². The number of ether oxygens (including phenoxy) is 1. The fraction of sp³-hybridized carbons (Fsp3) is 0.583. The molecular formula is C12H17BrN2O3. The highest BCUT2D eigenvalue weighted by atomic mass is 79.9. The number of ketones is 1. The van der Waals surface area contributed by atoms with Gasteiger partial charge in [0.25, 0.3) is 0 Å². The zero-order chi connectivity index (χ0) is 13.7. The van der Waals surface area contributed by atoms with E-state index >= 15 is 0 Å². The van der Waals surface area contributed by atoms with E-state index in [0.29, 0.717) is 6.61 Å². The van der Waals surface area contributed by atoms with Crippen molar-refractivity contribution in [3.63, 3.8) is 0 Å². The lowest BCUT2D eigenvalue weighted by Gasteiger charge is -2.04. The summed E-state index contributed by atoms with van der Waals surface area (Å²) < 4.78 is 7.33. The Balaban J connectivity index is 2.50. The Kier molecular flexibility index (Phi) is 5.53. The SMILES string of the molecule is CCOC(=O)CCC(=O)Cn1nc(C)c(Br)c1C. The monoisotopic (exact) mass is 316 g/mol. The molecule has 0 N–H and O–H groups in total. The number of nitrogens with zero attached hydrogens (tertiary/aromatic N) is 2. The summed E-state index contributed by atoms with van der Waals surface area (Å²) in [6.45, 7) is 6.04. The topological polar surface area (TPSA) is 61.2 Å². The minimum atomic E-state index is -0.333. The largest absolute Gasteiger partial charge is 0.466 e. The van der Waals surface area contributed by atoms with Crippen molar-refractivity contribution in [1.82, 2.24) is 9.78 Å². The molecule has 0 atom stereocenters. The summed E-state index contributed by atoms with van der Waals surface area (Å²) in [5.74, 6) is -0.360. The highest BCUT2D eigenvalue weighted by Crippen LogP contribution is 2.19. The third-order valence-corrected chi connectivity index (χ3v) is 3.68. The number of rotatable bonds is 6. The Bertz CT molecular complexity index is 454. The van der Waals surface area contributed by atoms with Gasteiger partial charge in [-0.1, -0.05) is 0 Å². The Labute approximate surface area is 115 Å². The maximum Gasteiger partial charge on any atom is 0.306 e. The molecule has 0 radical (unpaired) electrons. The number of carbonyl (C=O) groups is 2. The van der Waals surface area contributed by atoms with Gasteiger partial charge in [0.2, 0.25) is 0 Å². The standard InChI is InChI=1S/C12H17BrN2O3/c1-4-18-11(17)6-5-10(16)7-15-9(3)12(13)8(2)14-15/h4-7H2,1-3H3. The number of Topliss-reactive ketones (excluding diaryl/α,β-unsaturated/α-hetero) is 1. The van der Waals surface area contributed by atoms with E-state index < -0.39 is 0 Å². The molecule has 0 aliphatic rings. The average molecular weight is 317 g/mol. The van der Waals surface area contributed by atoms with Gasteiger partial charge >= 0.3 is 5.97 Å². The van der Waals surface area contributed by atoms with Crippen molar-refractivity contribution in [2.75, 3.05) is 6.61 Å². The van der Waals surface area contributed by atoms with Crippen molar-refractivity contribution >= 4 is 27.7 Å². The molecule has 1 heterocycles. The molecule has 0 saturated heterocycles. The zero-order valence-electron chi connectivity index (χ0n) is 10.8. The molecule has 0 aromatic carbocycles. The lowest BCUT2D eigenvalue weighted by atomic mass is 10.2. The minimum absolute atomic E-state index is 0.0267. The molecule has 0 aliphatic carbocycles. The van der Waals surface area contributed by atoms with Crippen molar-refractivity contribution in [3.05, 3.63) is 15.9 Å². The maximum atomic E-state index is 11.7. The van der Waals surface area contributed by atoms with Gasteiger partial charge in [-0.25, -0.2) is 0 Å². The average Bonchev–Trinajstić information content (AvgIpc) is 2.55. The van der Waals surface area contributed by atoms with Gasteiger partial charge in [0.05, 0.1) is 35.4 Å². The first-order valence-corrected chi connectivity index (χ1v) is 6.61. The van der Waals surface area contributed by atoms with Crippen molar-refractivity contribution in [1.29, 1.82) is 0 Å². The number of hydrogen-bond acceptors (Lipinski definition) is 4. The first-order valence-electron chi connectivity index (χ1n) is 5.82. The number of halogens is 1. The summed E-state index contributed by atoms with van der Waals surface area (Å²) in [7, 11) is 0. The second kappa shape index (κ2) is 6.68. The minimum Gasteiger partial charge on any atom is -0.466 e. The van der Waals surface area contributed by atoms with Crippen LogP contribution in [0.5, 0.6) is 0 Å². The first kappa shape index (κ1) is 14.9. The predicted molar refractivity (Wildman–Crippen MR) is 70.3 cm³/mol. The molecule has 100 valence electrons. The highest BCUT2D eigenvalue weighted by molar-refractivity contribution is 9.10. The predicted octanol–water partition coefficient (Wildman–Crippen LogP) is 2.17. The normalized spacial score (nSPS) is 10.4. The summed E-state index contributed by atoms with van der Waals surface area (Å²) >= 11 is 3.40. The van der Waals surface area contributed by atoms with E-state index in [4.69, 9.17) is 4.74 Å². The van der Waals surface area contributed by atoms with Gasteiger partial charge in [0.15, 0.2) is 5.78 Å². The number of hydrogen-bond donors (Lipinski definition) is 0. The lowest BCUT2D eigenvalue weighted by Crippen LogP contribution is -2.15. The van der Waals surface area contributed by atoms with Gasteiger partial charge in [-0.3, -0.25) is 14.3 Å². The van der Waals surface area contributed by atoms with Crippen molar-refractivity contribution < 1.29 is 14.3 Å². The third-order valence-electron chi connectivity index (χ3n) is 2.53. The van der Waals surface area contributed by atoms with Gasteiger partial charge in [-0.05, 0) is 36.7 Å². The molecule has 1 rings (SSSR count). The van der Waals surface area contributed by atoms with Crippen molar-refractivity contribution in [3.8, 4) is 0 Å². The molecule has 0 aliphatic heterocycles. The number of carbonyl (C=O) groups excluding carboxylic acids is 2. The summed E-state index contributed by atoms with van der Waals surface area (Å²) in [6.07, 6.45) is 0.321. The lowest BCUT2D eigenvalue weighted by molar-refractivity contribution is -0.144. The Morgan fingerprint density at radius 2 is 2.00 bits per heavy atom. The first-order chi connectivity index (χ1) is 8.45. The van der Waals surface area contributed by atoms with E-state index in [-0.39, 0.29) is 31.1 Å². The van der Waals surface area contributed by atoms with Crippen LogP contribution in [0.25, 0.3) is 0 Å². The quantitative estimate of drug-likeness (QED) is 0.755. The molecule has 0 bridgehead atoms. The zero-order valence-corrected chi connectivity index (χ0v) is 12.4. The molecule has 0 fully saturated rings. The van der Waals surface area contributed by atoms with Gasteiger partial charge < -0.3 is 4.74 Å². The van der Waals surface area contributed by atoms with Crippen LogP contribution in [-0.2, 0) is 20.9 Å². The Morgan fingerprint density at radius 1 is 1.33 bits per heavy atom. The fourth-order valence-corrected chi connectivity index (χ4v) is 1.83. The molecule has 6 heteroatoms. The van der Waals surface area contributed by atoms with Crippen LogP contribution in [0, 0.1) is 13.8 Å². The fourth-order valence-electron chi connectivity index (χ4n) is 1.55. The van der Waals surface area contributed by atoms with Gasteiger partial charge in [-0.2, -0.15) is 5.10 Å². The molecule has 0 spiro atoms. The smallest absolute Gasteiger partial charge is 0.306 e. The summed E-state index contributed by atoms with van der Waals surface area (Å²) in [5.41, 5.74) is 1.77. The second-order valence-corrected chi connectivity index (χ2v) is 4.78. The molecule has 0 saturated carbocycles. The molecule has 5 nitrogen and oxygen atoms in total. The summed E-state index contributed by atoms with van der Waals surface area (Å²) in [4.78, 5) is 22.8. The number of aryl methyl sites for hydroxylation is 1. The molecule has 18 heavy (non-hydrogen) atoms. The highest BCUT2D eigenvalue weighted by Gasteiger charge is 2.13. The van der Waals surface area contributed by atoms with Crippen molar-refractivity contribution in [2.45, 2.75) is 40.2 Å². The van der Waals surface area contributed by atoms with Crippen molar-refractivity contribution in [2.24, 2.45) is 0 Å². The van der Waals surface area contributed by atoms with Gasteiger partial charge in [0, 0.05) is 6.42 Å². The van der Waals surface area contributed by atoms with Crippen LogP contribution in [0.15, 0.2) is 4.47 Å². The maximum absolute atomic E-state index is 11.7. The van der Waals surface area contributed by atoms with Gasteiger partial charge in [0.1, 0.15) is 0 Å². The molecule has 1 aromatic rings. The Hall–Kier alpha value is -1.17. The van der Waals surface area contributed by atoms with E-state index in [1.54, 1.807) is 11.6 Å². The van der Waals surface area contributed by atoms with E-state index in [0.717, 1.165) is 15.9 Å². The van der Waals surface area contributed by atoms with Crippen LogP contribution < -0.4 is 0 Å². The summed E-state index contributed by atoms with van der Waals surface area (Å²) in [5, 5.41) is 4.25. The third kappa shape index (κ3) is 3.94. The summed E-state index contributed by atoms with van der Waals surface area (Å²) in [6, 6.07) is 0. The Morgan fingerprint density at radius 3 is 2.50 bits per heavy atom.